The van der Waals surface area contributed by atoms with Crippen molar-refractivity contribution in [2.45, 2.75) is 38.1 Å². The highest BCUT2D eigenvalue weighted by molar-refractivity contribution is 7.81. The molecule has 2 atom stereocenters. The molecular weight excluding hydrogens is 648 g/mol. The second-order valence-corrected chi connectivity index (χ2v) is 12.5. The van der Waals surface area contributed by atoms with E-state index in [2.05, 4.69) is 23.9 Å². The minimum atomic E-state index is -4.51. The molecule has 1 fully saturated rings. The summed E-state index contributed by atoms with van der Waals surface area (Å²) in [6, 6.07) is 5.67. The second-order valence-electron chi connectivity index (χ2n) is 10.4. The van der Waals surface area contributed by atoms with E-state index in [0.29, 0.717) is 23.9 Å². The van der Waals surface area contributed by atoms with Crippen molar-refractivity contribution in [3.05, 3.63) is 47.7 Å². The standard InChI is InChI=1S/C26H32N8O10S2/c1-26(2)21(23(36)34(26)44-46(39,40)41-4)30-22(35)20(18-14-45-25(28)29-18)31-43-19(24(37)38)13-42-17-7-5-15(6-8-17)16-11-32(3)33(12-16)10-9-27/h5-8,11-12,14,19,21H,9-10,13,27H2,1-4H3,(H3-,28,29,30,35,37,38)/p+1/b31-20-/t19-,21+/m0/s1. The Labute approximate surface area is 267 Å². The van der Waals surface area contributed by atoms with Gasteiger partial charge in [0.05, 0.1) is 31.0 Å². The molecule has 1 saturated heterocycles. The molecule has 4 rings (SSSR count). The van der Waals surface area contributed by atoms with Crippen molar-refractivity contribution in [2.75, 3.05) is 26.0 Å². The number of carbonyl (C=O) groups is 3. The van der Waals surface area contributed by atoms with E-state index in [9.17, 15) is 27.9 Å². The summed E-state index contributed by atoms with van der Waals surface area (Å²) in [5.41, 5.74) is 11.3. The molecule has 0 saturated carbocycles. The van der Waals surface area contributed by atoms with Gasteiger partial charge in [0.2, 0.25) is 6.20 Å². The van der Waals surface area contributed by atoms with Crippen molar-refractivity contribution in [1.29, 1.82) is 0 Å². The number of anilines is 1. The molecule has 0 radical (unpaired) electrons. The third kappa shape index (κ3) is 7.59. The van der Waals surface area contributed by atoms with Gasteiger partial charge in [-0.25, -0.2) is 9.78 Å². The van der Waals surface area contributed by atoms with E-state index >= 15 is 0 Å². The summed E-state index contributed by atoms with van der Waals surface area (Å²) < 4.78 is 41.7. The molecule has 0 bridgehead atoms. The number of hydrogen-bond acceptors (Lipinski definition) is 14. The zero-order valence-electron chi connectivity index (χ0n) is 25.1. The van der Waals surface area contributed by atoms with Gasteiger partial charge in [-0.3, -0.25) is 13.8 Å². The highest BCUT2D eigenvalue weighted by Gasteiger charge is 2.58. The summed E-state index contributed by atoms with van der Waals surface area (Å²) >= 11 is 0.976. The fraction of sp³-hybridized carbons (Fsp3) is 0.385. The number of carboxylic acid groups (broad SMARTS) is 1. The van der Waals surface area contributed by atoms with E-state index in [-0.39, 0.29) is 10.8 Å². The van der Waals surface area contributed by atoms with Crippen LogP contribution in [0.25, 0.3) is 11.1 Å². The zero-order valence-corrected chi connectivity index (χ0v) is 26.8. The number of carboxylic acids is 1. The molecule has 248 valence electrons. The van der Waals surface area contributed by atoms with Crippen LogP contribution in [0.2, 0.25) is 0 Å². The number of thiazole rings is 1. The first kappa shape index (κ1) is 34.2. The average Bonchev–Trinajstić information content (AvgIpc) is 3.61. The van der Waals surface area contributed by atoms with Crippen LogP contribution in [0.3, 0.4) is 0 Å². The number of carbonyl (C=O) groups excluding carboxylic acids is 2. The van der Waals surface area contributed by atoms with Gasteiger partial charge in [-0.15, -0.1) is 20.3 Å². The maximum Gasteiger partial charge on any atom is 0.420 e. The summed E-state index contributed by atoms with van der Waals surface area (Å²) in [7, 11) is -1.76. The van der Waals surface area contributed by atoms with Crippen LogP contribution in [-0.4, -0.2) is 89.7 Å². The summed E-state index contributed by atoms with van der Waals surface area (Å²) in [6.07, 6.45) is 2.24. The molecule has 2 aromatic heterocycles. The van der Waals surface area contributed by atoms with Crippen LogP contribution in [0.5, 0.6) is 5.75 Å². The Morgan fingerprint density at radius 2 is 1.96 bits per heavy atom. The maximum absolute atomic E-state index is 13.3. The number of benzene rings is 1. The first-order valence-corrected chi connectivity index (χ1v) is 15.7. The van der Waals surface area contributed by atoms with E-state index < -0.39 is 58.2 Å². The van der Waals surface area contributed by atoms with Gasteiger partial charge in [-0.05, 0) is 31.5 Å². The predicted octanol–water partition coefficient (Wildman–Crippen LogP) is -0.842. The molecule has 6 N–H and O–H groups in total. The number of hydrogen-bond donors (Lipinski definition) is 4. The van der Waals surface area contributed by atoms with Gasteiger partial charge in [-0.1, -0.05) is 17.3 Å². The molecule has 3 heterocycles. The van der Waals surface area contributed by atoms with Crippen LogP contribution in [0.15, 0.2) is 47.2 Å². The van der Waals surface area contributed by atoms with E-state index in [1.165, 1.54) is 19.2 Å². The summed E-state index contributed by atoms with van der Waals surface area (Å²) in [5.74, 6) is -2.97. The maximum atomic E-state index is 13.3. The minimum absolute atomic E-state index is 0.0611. The summed E-state index contributed by atoms with van der Waals surface area (Å²) in [4.78, 5) is 47.1. The Morgan fingerprint density at radius 1 is 1.26 bits per heavy atom. The van der Waals surface area contributed by atoms with Gasteiger partial charge in [0.25, 0.3) is 17.9 Å². The normalized spacial score (nSPS) is 16.9. The van der Waals surface area contributed by atoms with Gasteiger partial charge in [0.1, 0.15) is 24.1 Å². The molecule has 0 unspecified atom stereocenters. The SMILES string of the molecule is COS(=O)(=O)ON1C(=O)[C@@H](NC(=O)/C(=N\O[C@@H](COc2ccc(-c3cn(CCN)[n+](C)c3)cc2)C(=O)O)c2csc(N)n2)C1(C)C. The average molecular weight is 682 g/mol. The lowest BCUT2D eigenvalue weighted by atomic mass is 9.84. The van der Waals surface area contributed by atoms with Crippen LogP contribution < -0.4 is 26.2 Å². The predicted molar refractivity (Wildman–Crippen MR) is 161 cm³/mol. The molecule has 18 nitrogen and oxygen atoms in total. The highest BCUT2D eigenvalue weighted by atomic mass is 32.3. The van der Waals surface area contributed by atoms with Crippen LogP contribution in [0.4, 0.5) is 5.13 Å². The lowest BCUT2D eigenvalue weighted by molar-refractivity contribution is -0.753. The summed E-state index contributed by atoms with van der Waals surface area (Å²) in [6.45, 7) is 3.53. The topological polar surface area (TPSA) is 244 Å². The first-order valence-electron chi connectivity index (χ1n) is 13.5. The molecule has 1 aromatic carbocycles. The van der Waals surface area contributed by atoms with Crippen LogP contribution in [-0.2, 0) is 51.7 Å². The molecule has 2 amide bonds. The lowest BCUT2D eigenvalue weighted by Crippen LogP contribution is -2.76. The Hall–Kier alpha value is -4.63. The van der Waals surface area contributed by atoms with E-state index in [1.54, 1.807) is 24.3 Å². The zero-order chi connectivity index (χ0) is 33.8. The number of nitrogens with two attached hydrogens (primary N) is 2. The molecule has 46 heavy (non-hydrogen) atoms. The first-order chi connectivity index (χ1) is 21.7. The quantitative estimate of drug-likeness (QED) is 0.0662. The number of β-lactam (4-membered cyclic amide) rings is 1. The van der Waals surface area contributed by atoms with Crippen molar-refractivity contribution in [1.82, 2.24) is 20.0 Å². The monoisotopic (exact) mass is 681 g/mol. The Morgan fingerprint density at radius 3 is 2.52 bits per heavy atom. The number of amides is 2. The number of aryl methyl sites for hydroxylation is 1. The molecule has 0 aliphatic carbocycles. The smallest absolute Gasteiger partial charge is 0.420 e. The van der Waals surface area contributed by atoms with E-state index in [4.69, 9.17) is 21.0 Å². The molecular formula is C26H33N8O10S2+. The number of hydroxylamine groups is 2. The van der Waals surface area contributed by atoms with Crippen molar-refractivity contribution in [3.63, 3.8) is 0 Å². The minimum Gasteiger partial charge on any atom is -0.489 e. The number of aliphatic carboxylic acids is 1. The van der Waals surface area contributed by atoms with Crippen molar-refractivity contribution < 1.29 is 50.6 Å². The number of ether oxygens (including phenoxy) is 1. The molecule has 20 heteroatoms. The van der Waals surface area contributed by atoms with Gasteiger partial charge in [-0.2, -0.15) is 18.2 Å². The fourth-order valence-electron chi connectivity index (χ4n) is 4.29. The van der Waals surface area contributed by atoms with Crippen molar-refractivity contribution in [3.8, 4) is 16.9 Å². The molecule has 1 aliphatic heterocycles. The molecule has 0 spiro atoms. The lowest BCUT2D eigenvalue weighted by Gasteiger charge is -2.50. The van der Waals surface area contributed by atoms with E-state index in [1.807, 2.05) is 28.8 Å². The van der Waals surface area contributed by atoms with Crippen LogP contribution >= 0.6 is 11.3 Å². The van der Waals surface area contributed by atoms with E-state index in [0.717, 1.165) is 29.6 Å². The van der Waals surface area contributed by atoms with Gasteiger partial charge >= 0.3 is 16.4 Å². The largest absolute Gasteiger partial charge is 0.489 e. The number of nitrogen functional groups attached to an aromatic ring is 1. The number of rotatable bonds is 15. The van der Waals surface area contributed by atoms with Crippen molar-refractivity contribution >= 4 is 50.4 Å². The Balaban J connectivity index is 1.45. The molecule has 3 aromatic rings. The van der Waals surface area contributed by atoms with Gasteiger partial charge < -0.3 is 31.5 Å². The van der Waals surface area contributed by atoms with Crippen LogP contribution in [0.1, 0.15) is 19.5 Å². The second kappa shape index (κ2) is 13.8. The number of nitrogens with one attached hydrogen (secondary N) is 1. The Kier molecular flexibility index (Phi) is 10.3. The molecule has 1 aliphatic rings. The number of aromatic nitrogens is 3. The third-order valence-corrected chi connectivity index (χ3v) is 8.23. The van der Waals surface area contributed by atoms with Crippen molar-refractivity contribution in [2.24, 2.45) is 17.9 Å². The van der Waals surface area contributed by atoms with Crippen LogP contribution in [0, 0.1) is 0 Å². The Bertz CT molecular complexity index is 1740. The fourth-order valence-corrected chi connectivity index (χ4v) is 5.35. The third-order valence-electron chi connectivity index (χ3n) is 6.82. The number of nitrogens with zero attached hydrogens (tertiary/aromatic N) is 5. The summed E-state index contributed by atoms with van der Waals surface area (Å²) in [5, 5.41) is 17.9. The van der Waals surface area contributed by atoms with Gasteiger partial charge in [0.15, 0.2) is 17.9 Å². The van der Waals surface area contributed by atoms with Gasteiger partial charge in [0, 0.05) is 11.9 Å². The number of oxime groups is 1. The highest BCUT2D eigenvalue weighted by Crippen LogP contribution is 2.33.